The van der Waals surface area contributed by atoms with Crippen LogP contribution in [0.4, 0.5) is 0 Å². The fourth-order valence-corrected chi connectivity index (χ4v) is 2.21. The standard InChI is InChI=1S/C15H24N2O3/c1-4-12(5-2)13(18)9-16-14(19)10-17-8-6-7-11(3)15(17)20/h6-8,12-13,18H,4-5,9-10H2,1-3H3,(H,16,19). The van der Waals surface area contributed by atoms with E-state index in [1.165, 1.54) is 4.57 Å². The van der Waals surface area contributed by atoms with Crippen molar-refractivity contribution in [1.29, 1.82) is 0 Å². The van der Waals surface area contributed by atoms with Gasteiger partial charge in [-0.2, -0.15) is 0 Å². The van der Waals surface area contributed by atoms with Crippen molar-refractivity contribution in [2.45, 2.75) is 46.3 Å². The Balaban J connectivity index is 2.52. The number of aromatic nitrogens is 1. The van der Waals surface area contributed by atoms with Crippen molar-refractivity contribution in [2.75, 3.05) is 6.54 Å². The SMILES string of the molecule is CCC(CC)C(O)CNC(=O)Cn1cccc(C)c1=O. The first-order chi connectivity index (χ1) is 9.49. The van der Waals surface area contributed by atoms with E-state index in [0.29, 0.717) is 5.56 Å². The molecule has 1 atom stereocenters. The van der Waals surface area contributed by atoms with Gasteiger partial charge in [0.2, 0.25) is 5.91 Å². The van der Waals surface area contributed by atoms with Gasteiger partial charge in [-0.05, 0) is 18.9 Å². The summed E-state index contributed by atoms with van der Waals surface area (Å²) in [5.74, 6) is -0.0697. The predicted octanol–water partition coefficient (Wildman–Crippen LogP) is 1.07. The first kappa shape index (κ1) is 16.4. The number of rotatable bonds is 7. The Morgan fingerprint density at radius 3 is 2.65 bits per heavy atom. The van der Waals surface area contributed by atoms with E-state index in [2.05, 4.69) is 5.32 Å². The van der Waals surface area contributed by atoms with Gasteiger partial charge in [0.1, 0.15) is 6.54 Å². The van der Waals surface area contributed by atoms with Crippen LogP contribution in [-0.4, -0.2) is 28.2 Å². The molecular weight excluding hydrogens is 256 g/mol. The second-order valence-corrected chi connectivity index (χ2v) is 5.07. The minimum absolute atomic E-state index is 0.0177. The zero-order valence-electron chi connectivity index (χ0n) is 12.4. The number of aliphatic hydroxyl groups excluding tert-OH is 1. The number of nitrogens with zero attached hydrogens (tertiary/aromatic N) is 1. The number of nitrogens with one attached hydrogen (secondary N) is 1. The minimum Gasteiger partial charge on any atom is -0.391 e. The fourth-order valence-electron chi connectivity index (χ4n) is 2.21. The molecule has 0 bridgehead atoms. The van der Waals surface area contributed by atoms with E-state index < -0.39 is 6.10 Å². The van der Waals surface area contributed by atoms with E-state index >= 15 is 0 Å². The van der Waals surface area contributed by atoms with Gasteiger partial charge in [-0.25, -0.2) is 0 Å². The van der Waals surface area contributed by atoms with Crippen molar-refractivity contribution in [3.63, 3.8) is 0 Å². The third-order valence-electron chi connectivity index (χ3n) is 3.63. The van der Waals surface area contributed by atoms with Gasteiger partial charge in [-0.3, -0.25) is 9.59 Å². The molecule has 0 saturated heterocycles. The Labute approximate surface area is 119 Å². The Bertz CT molecular complexity index is 492. The zero-order chi connectivity index (χ0) is 15.1. The van der Waals surface area contributed by atoms with Crippen molar-refractivity contribution in [1.82, 2.24) is 9.88 Å². The molecule has 0 aliphatic heterocycles. The van der Waals surface area contributed by atoms with Gasteiger partial charge in [0, 0.05) is 18.3 Å². The van der Waals surface area contributed by atoms with Crippen LogP contribution in [-0.2, 0) is 11.3 Å². The second-order valence-electron chi connectivity index (χ2n) is 5.07. The minimum atomic E-state index is -0.539. The van der Waals surface area contributed by atoms with E-state index in [9.17, 15) is 14.7 Å². The molecule has 1 aromatic heterocycles. The molecule has 112 valence electrons. The van der Waals surface area contributed by atoms with Gasteiger partial charge in [0.15, 0.2) is 0 Å². The normalized spacial score (nSPS) is 12.4. The maximum Gasteiger partial charge on any atom is 0.253 e. The quantitative estimate of drug-likeness (QED) is 0.785. The molecule has 0 radical (unpaired) electrons. The van der Waals surface area contributed by atoms with Crippen LogP contribution >= 0.6 is 0 Å². The molecule has 0 spiro atoms. The average Bonchev–Trinajstić information content (AvgIpc) is 2.43. The van der Waals surface area contributed by atoms with Gasteiger partial charge < -0.3 is 15.0 Å². The van der Waals surface area contributed by atoms with E-state index in [-0.39, 0.29) is 30.5 Å². The Morgan fingerprint density at radius 2 is 2.05 bits per heavy atom. The lowest BCUT2D eigenvalue weighted by atomic mass is 9.96. The Morgan fingerprint density at radius 1 is 1.40 bits per heavy atom. The Hall–Kier alpha value is -1.62. The lowest BCUT2D eigenvalue weighted by molar-refractivity contribution is -0.122. The lowest BCUT2D eigenvalue weighted by Gasteiger charge is -2.20. The van der Waals surface area contributed by atoms with Gasteiger partial charge >= 0.3 is 0 Å². The largest absolute Gasteiger partial charge is 0.391 e. The molecule has 0 aliphatic carbocycles. The smallest absolute Gasteiger partial charge is 0.253 e. The van der Waals surface area contributed by atoms with Crippen LogP contribution in [0.15, 0.2) is 23.1 Å². The number of carbonyl (C=O) groups is 1. The molecule has 5 nitrogen and oxygen atoms in total. The van der Waals surface area contributed by atoms with Crippen molar-refractivity contribution in [2.24, 2.45) is 5.92 Å². The van der Waals surface area contributed by atoms with E-state index in [0.717, 1.165) is 12.8 Å². The molecule has 0 saturated carbocycles. The number of pyridine rings is 1. The molecule has 1 unspecified atom stereocenters. The Kier molecular flexibility index (Phi) is 6.45. The van der Waals surface area contributed by atoms with Crippen LogP contribution in [0.25, 0.3) is 0 Å². The average molecular weight is 280 g/mol. The van der Waals surface area contributed by atoms with Crippen LogP contribution in [0.1, 0.15) is 32.3 Å². The maximum atomic E-state index is 11.8. The van der Waals surface area contributed by atoms with Crippen molar-refractivity contribution in [3.8, 4) is 0 Å². The molecule has 20 heavy (non-hydrogen) atoms. The van der Waals surface area contributed by atoms with Crippen LogP contribution in [0, 0.1) is 12.8 Å². The molecular formula is C15H24N2O3. The number of hydrogen-bond donors (Lipinski definition) is 2. The summed E-state index contributed by atoms with van der Waals surface area (Å²) < 4.78 is 1.37. The predicted molar refractivity (Wildman–Crippen MR) is 78.5 cm³/mol. The van der Waals surface area contributed by atoms with Gasteiger partial charge in [0.25, 0.3) is 5.56 Å². The first-order valence-corrected chi connectivity index (χ1v) is 7.10. The van der Waals surface area contributed by atoms with Crippen LogP contribution < -0.4 is 10.9 Å². The van der Waals surface area contributed by atoms with Crippen LogP contribution in [0.5, 0.6) is 0 Å². The highest BCUT2D eigenvalue weighted by atomic mass is 16.3. The summed E-state index contributed by atoms with van der Waals surface area (Å²) >= 11 is 0. The summed E-state index contributed by atoms with van der Waals surface area (Å²) in [6, 6.07) is 3.46. The third-order valence-corrected chi connectivity index (χ3v) is 3.63. The summed E-state index contributed by atoms with van der Waals surface area (Å²) in [5.41, 5.74) is 0.445. The highest BCUT2D eigenvalue weighted by molar-refractivity contribution is 5.75. The number of hydrogen-bond acceptors (Lipinski definition) is 3. The monoisotopic (exact) mass is 280 g/mol. The summed E-state index contributed by atoms with van der Waals surface area (Å²) in [5, 5.41) is 12.6. The van der Waals surface area contributed by atoms with Crippen LogP contribution in [0.2, 0.25) is 0 Å². The van der Waals surface area contributed by atoms with Crippen molar-refractivity contribution >= 4 is 5.91 Å². The third kappa shape index (κ3) is 4.49. The molecule has 0 aliphatic rings. The molecule has 1 aromatic rings. The number of aliphatic hydroxyl groups is 1. The summed E-state index contributed by atoms with van der Waals surface area (Å²) in [4.78, 5) is 23.6. The number of carbonyl (C=O) groups excluding carboxylic acids is 1. The first-order valence-electron chi connectivity index (χ1n) is 7.10. The molecule has 0 fully saturated rings. The van der Waals surface area contributed by atoms with E-state index in [1.807, 2.05) is 13.8 Å². The van der Waals surface area contributed by atoms with Gasteiger partial charge in [-0.15, -0.1) is 0 Å². The zero-order valence-corrected chi connectivity index (χ0v) is 12.4. The highest BCUT2D eigenvalue weighted by Gasteiger charge is 2.16. The molecule has 1 heterocycles. The lowest BCUT2D eigenvalue weighted by Crippen LogP contribution is -2.39. The molecule has 2 N–H and O–H groups in total. The summed E-state index contributed by atoms with van der Waals surface area (Å²) in [7, 11) is 0. The topological polar surface area (TPSA) is 71.3 Å². The fraction of sp³-hybridized carbons (Fsp3) is 0.600. The van der Waals surface area contributed by atoms with Gasteiger partial charge in [-0.1, -0.05) is 32.8 Å². The van der Waals surface area contributed by atoms with Crippen molar-refractivity contribution in [3.05, 3.63) is 34.2 Å². The summed E-state index contributed by atoms with van der Waals surface area (Å²) in [6.45, 7) is 5.96. The molecule has 1 rings (SSSR count). The number of aryl methyl sites for hydroxylation is 1. The number of amides is 1. The highest BCUT2D eigenvalue weighted by Crippen LogP contribution is 2.12. The van der Waals surface area contributed by atoms with E-state index in [4.69, 9.17) is 0 Å². The van der Waals surface area contributed by atoms with Crippen molar-refractivity contribution < 1.29 is 9.90 Å². The molecule has 5 heteroatoms. The van der Waals surface area contributed by atoms with E-state index in [1.54, 1.807) is 25.3 Å². The summed E-state index contributed by atoms with van der Waals surface area (Å²) in [6.07, 6.45) is 2.81. The molecule has 0 aromatic carbocycles. The second kappa shape index (κ2) is 7.85. The maximum absolute atomic E-state index is 11.8. The molecule has 1 amide bonds. The van der Waals surface area contributed by atoms with Gasteiger partial charge in [0.05, 0.1) is 6.10 Å². The van der Waals surface area contributed by atoms with Crippen LogP contribution in [0.3, 0.4) is 0 Å².